The van der Waals surface area contributed by atoms with Crippen molar-refractivity contribution in [1.82, 2.24) is 14.5 Å². The summed E-state index contributed by atoms with van der Waals surface area (Å²) in [5, 5.41) is 3.14. The average molecular weight is 424 g/mol. The topological polar surface area (TPSA) is 99.2 Å². The van der Waals surface area contributed by atoms with Crippen molar-refractivity contribution in [3.63, 3.8) is 0 Å². The van der Waals surface area contributed by atoms with Gasteiger partial charge in [-0.1, -0.05) is 12.1 Å². The Morgan fingerprint density at radius 1 is 0.938 bits per heavy atom. The van der Waals surface area contributed by atoms with Crippen LogP contribution < -0.4 is 15.5 Å². The van der Waals surface area contributed by atoms with Crippen molar-refractivity contribution < 1.29 is 13.9 Å². The second-order valence-electron chi connectivity index (χ2n) is 6.86. The van der Waals surface area contributed by atoms with Gasteiger partial charge in [0.05, 0.1) is 5.39 Å². The Hall–Kier alpha value is -4.72. The molecule has 5 rings (SSSR count). The number of benzene rings is 2. The highest BCUT2D eigenvalue weighted by Gasteiger charge is 2.13. The molecule has 3 aromatic heterocycles. The molecule has 0 unspecified atom stereocenters. The van der Waals surface area contributed by atoms with E-state index in [1.54, 1.807) is 54.6 Å². The predicted octanol–water partition coefficient (Wildman–Crippen LogP) is 4.42. The van der Waals surface area contributed by atoms with Gasteiger partial charge >= 0.3 is 0 Å². The Balaban J connectivity index is 1.30. The van der Waals surface area contributed by atoms with Crippen LogP contribution in [0.5, 0.6) is 11.6 Å². The molecule has 8 nitrogen and oxygen atoms in total. The second-order valence-corrected chi connectivity index (χ2v) is 6.86. The fourth-order valence-corrected chi connectivity index (χ4v) is 3.15. The summed E-state index contributed by atoms with van der Waals surface area (Å²) in [6.07, 6.45) is 5.18. The second kappa shape index (κ2) is 8.19. The van der Waals surface area contributed by atoms with Crippen molar-refractivity contribution in [2.24, 2.45) is 0 Å². The molecule has 156 valence electrons. The summed E-state index contributed by atoms with van der Waals surface area (Å²) in [6.45, 7) is 0. The number of carbonyl (C=O) groups excluding carboxylic acids is 1. The van der Waals surface area contributed by atoms with E-state index in [1.807, 2.05) is 29.1 Å². The van der Waals surface area contributed by atoms with E-state index in [9.17, 15) is 9.59 Å². The minimum absolute atomic E-state index is 0.0625. The van der Waals surface area contributed by atoms with Crippen LogP contribution in [0.15, 0.2) is 101 Å². The van der Waals surface area contributed by atoms with Gasteiger partial charge in [0.25, 0.3) is 5.91 Å². The van der Waals surface area contributed by atoms with Gasteiger partial charge < -0.3 is 19.0 Å². The van der Waals surface area contributed by atoms with Crippen LogP contribution in [0.2, 0.25) is 0 Å². The van der Waals surface area contributed by atoms with Crippen LogP contribution in [0.1, 0.15) is 10.6 Å². The maximum Gasteiger partial charge on any atom is 0.291 e. The number of anilines is 1. The normalized spacial score (nSPS) is 10.8. The molecule has 3 heterocycles. The van der Waals surface area contributed by atoms with Crippen LogP contribution in [0, 0.1) is 0 Å². The summed E-state index contributed by atoms with van der Waals surface area (Å²) in [7, 11) is 0. The van der Waals surface area contributed by atoms with Gasteiger partial charge in [0.2, 0.25) is 5.88 Å². The van der Waals surface area contributed by atoms with E-state index in [0.717, 1.165) is 0 Å². The largest absolute Gasteiger partial charge is 0.451 e. The molecule has 5 aromatic rings. The van der Waals surface area contributed by atoms with Gasteiger partial charge in [0, 0.05) is 30.2 Å². The van der Waals surface area contributed by atoms with Crippen molar-refractivity contribution in [3.8, 4) is 17.4 Å². The molecule has 0 fully saturated rings. The summed E-state index contributed by atoms with van der Waals surface area (Å²) in [6, 6.07) is 20.3. The summed E-state index contributed by atoms with van der Waals surface area (Å²) in [5.74, 6) is 1.03. The van der Waals surface area contributed by atoms with E-state index < -0.39 is 5.91 Å². The predicted molar refractivity (Wildman–Crippen MR) is 118 cm³/mol. The number of nitrogens with zero attached hydrogens (tertiary/aromatic N) is 3. The van der Waals surface area contributed by atoms with Gasteiger partial charge in [-0.15, -0.1) is 0 Å². The zero-order valence-corrected chi connectivity index (χ0v) is 16.6. The first-order valence-corrected chi connectivity index (χ1v) is 9.73. The highest BCUT2D eigenvalue weighted by atomic mass is 16.5. The molecular formula is C24H16N4O4. The molecule has 0 atom stereocenters. The number of rotatable bonds is 5. The van der Waals surface area contributed by atoms with E-state index >= 15 is 0 Å². The number of hydrogen-bond donors (Lipinski definition) is 1. The lowest BCUT2D eigenvalue weighted by atomic mass is 10.2. The third-order valence-corrected chi connectivity index (χ3v) is 4.69. The molecule has 0 aliphatic carbocycles. The molecule has 2 aromatic carbocycles. The highest BCUT2D eigenvalue weighted by Crippen LogP contribution is 2.23. The maximum absolute atomic E-state index is 12.5. The number of fused-ring (bicyclic) bond motifs is 1. The van der Waals surface area contributed by atoms with Gasteiger partial charge in [-0.25, -0.2) is 9.97 Å². The number of nitrogens with one attached hydrogen (secondary N) is 1. The SMILES string of the molecule is O=C(Nc1ccc(Oc2cc(-n3cccc3)ncn2)cc1)c1cc(=O)c2ccccc2o1. The maximum atomic E-state index is 12.5. The average Bonchev–Trinajstić information content (AvgIpc) is 3.36. The molecule has 8 heteroatoms. The molecule has 0 saturated heterocycles. The standard InChI is InChI=1S/C24H16N4O4/c29-19-13-21(32-20-6-2-1-5-18(19)20)24(30)27-16-7-9-17(10-8-16)31-23-14-22(25-15-26-23)28-11-3-4-12-28/h1-15H,(H,27,30). The van der Waals surface area contributed by atoms with E-state index in [1.165, 1.54) is 12.4 Å². The molecule has 0 aliphatic heterocycles. The van der Waals surface area contributed by atoms with Gasteiger partial charge in [0.1, 0.15) is 23.5 Å². The van der Waals surface area contributed by atoms with Crippen molar-refractivity contribution in [1.29, 1.82) is 0 Å². The van der Waals surface area contributed by atoms with Gasteiger partial charge in [-0.05, 0) is 48.5 Å². The zero-order valence-electron chi connectivity index (χ0n) is 16.6. The first-order valence-electron chi connectivity index (χ1n) is 9.73. The molecule has 1 amide bonds. The number of aromatic nitrogens is 3. The summed E-state index contributed by atoms with van der Waals surface area (Å²) in [5.41, 5.74) is 0.608. The molecule has 1 N–H and O–H groups in total. The summed E-state index contributed by atoms with van der Waals surface area (Å²) in [4.78, 5) is 33.1. The quantitative estimate of drug-likeness (QED) is 0.448. The van der Waals surface area contributed by atoms with E-state index in [0.29, 0.717) is 34.1 Å². The van der Waals surface area contributed by atoms with Crippen LogP contribution in [-0.4, -0.2) is 20.4 Å². The van der Waals surface area contributed by atoms with Gasteiger partial charge in [0.15, 0.2) is 11.2 Å². The molecule has 32 heavy (non-hydrogen) atoms. The molecule has 0 spiro atoms. The smallest absolute Gasteiger partial charge is 0.291 e. The van der Waals surface area contributed by atoms with Crippen LogP contribution in [-0.2, 0) is 0 Å². The number of hydrogen-bond acceptors (Lipinski definition) is 6. The third-order valence-electron chi connectivity index (χ3n) is 4.69. The van der Waals surface area contributed by atoms with E-state index in [4.69, 9.17) is 9.15 Å². The minimum atomic E-state index is -0.520. The molecule has 0 radical (unpaired) electrons. The Bertz CT molecular complexity index is 1460. The Kier molecular flexibility index (Phi) is 4.93. The number of amides is 1. The number of ether oxygens (including phenoxy) is 1. The molecule has 0 bridgehead atoms. The lowest BCUT2D eigenvalue weighted by molar-refractivity contribution is 0.0997. The van der Waals surface area contributed by atoms with Crippen molar-refractivity contribution in [2.75, 3.05) is 5.32 Å². The fourth-order valence-electron chi connectivity index (χ4n) is 3.15. The van der Waals surface area contributed by atoms with Crippen molar-refractivity contribution in [3.05, 3.63) is 108 Å². The summed E-state index contributed by atoms with van der Waals surface area (Å²) >= 11 is 0. The first kappa shape index (κ1) is 19.3. The number of carbonyl (C=O) groups is 1. The van der Waals surface area contributed by atoms with Gasteiger partial charge in [-0.3, -0.25) is 9.59 Å². The minimum Gasteiger partial charge on any atom is -0.451 e. The third kappa shape index (κ3) is 3.97. The Morgan fingerprint density at radius 3 is 2.53 bits per heavy atom. The van der Waals surface area contributed by atoms with Crippen molar-refractivity contribution >= 4 is 22.6 Å². The first-order chi connectivity index (χ1) is 15.7. The Labute approximate surface area is 181 Å². The fraction of sp³-hybridized carbons (Fsp3) is 0. The van der Waals surface area contributed by atoms with Crippen LogP contribution in [0.25, 0.3) is 16.8 Å². The lowest BCUT2D eigenvalue weighted by Gasteiger charge is -2.08. The zero-order chi connectivity index (χ0) is 21.9. The number of para-hydroxylation sites is 1. The van der Waals surface area contributed by atoms with E-state index in [-0.39, 0.29) is 11.2 Å². The highest BCUT2D eigenvalue weighted by molar-refractivity contribution is 6.03. The molecular weight excluding hydrogens is 408 g/mol. The molecule has 0 saturated carbocycles. The van der Waals surface area contributed by atoms with Crippen LogP contribution in [0.3, 0.4) is 0 Å². The van der Waals surface area contributed by atoms with Crippen LogP contribution in [0.4, 0.5) is 5.69 Å². The Morgan fingerprint density at radius 2 is 1.72 bits per heavy atom. The van der Waals surface area contributed by atoms with Crippen LogP contribution >= 0.6 is 0 Å². The summed E-state index contributed by atoms with van der Waals surface area (Å²) < 4.78 is 13.2. The monoisotopic (exact) mass is 424 g/mol. The lowest BCUT2D eigenvalue weighted by Crippen LogP contribution is -2.14. The molecule has 0 aliphatic rings. The van der Waals surface area contributed by atoms with Gasteiger partial charge in [-0.2, -0.15) is 0 Å². The van der Waals surface area contributed by atoms with E-state index in [2.05, 4.69) is 15.3 Å². The van der Waals surface area contributed by atoms with Crippen molar-refractivity contribution in [2.45, 2.75) is 0 Å².